The van der Waals surface area contributed by atoms with Gasteiger partial charge in [0.2, 0.25) is 0 Å². The fourth-order valence-corrected chi connectivity index (χ4v) is 2.79. The van der Waals surface area contributed by atoms with Crippen molar-refractivity contribution in [3.63, 3.8) is 0 Å². The summed E-state index contributed by atoms with van der Waals surface area (Å²) in [4.78, 5) is 16.1. The Balaban J connectivity index is 1.67. The van der Waals surface area contributed by atoms with Crippen LogP contribution in [-0.4, -0.2) is 73.6 Å². The summed E-state index contributed by atoms with van der Waals surface area (Å²) in [5.41, 5.74) is 3.21. The lowest BCUT2D eigenvalue weighted by Gasteiger charge is -2.26. The minimum absolute atomic E-state index is 0.266. The Bertz CT molecular complexity index is 773. The van der Waals surface area contributed by atoms with E-state index in [4.69, 9.17) is 14.2 Å². The first kappa shape index (κ1) is 17.4. The van der Waals surface area contributed by atoms with Gasteiger partial charge in [-0.05, 0) is 17.7 Å². The molecular weight excluding hydrogens is 326 g/mol. The summed E-state index contributed by atoms with van der Waals surface area (Å²) >= 11 is 0. The maximum absolute atomic E-state index is 12.6. The summed E-state index contributed by atoms with van der Waals surface area (Å²) in [6.45, 7) is 5.07. The number of rotatable bonds is 7. The molecule has 0 radical (unpaired) electrons. The Morgan fingerprint density at radius 1 is 1.20 bits per heavy atom. The predicted molar refractivity (Wildman–Crippen MR) is 93.0 cm³/mol. The maximum Gasteiger partial charge on any atom is 0.296 e. The van der Waals surface area contributed by atoms with E-state index in [0.29, 0.717) is 28.9 Å². The monoisotopic (exact) mass is 349 g/mol. The lowest BCUT2D eigenvalue weighted by atomic mass is 10.2. The van der Waals surface area contributed by atoms with Gasteiger partial charge in [0.1, 0.15) is 5.52 Å². The van der Waals surface area contributed by atoms with Gasteiger partial charge in [-0.3, -0.25) is 9.69 Å². The van der Waals surface area contributed by atoms with Gasteiger partial charge in [0.15, 0.2) is 11.5 Å². The molecule has 0 bridgehead atoms. The molecule has 0 aliphatic carbocycles. The van der Waals surface area contributed by atoms with E-state index in [2.05, 4.69) is 20.6 Å². The number of aromatic nitrogens is 3. The summed E-state index contributed by atoms with van der Waals surface area (Å²) < 4.78 is 15.8. The molecule has 0 atom stereocenters. The average Bonchev–Trinajstić information content (AvgIpc) is 2.66. The molecule has 0 saturated carbocycles. The van der Waals surface area contributed by atoms with Crippen LogP contribution in [0.2, 0.25) is 0 Å². The van der Waals surface area contributed by atoms with Crippen LogP contribution < -0.4 is 20.5 Å². The number of hydrogen-bond donors (Lipinski definition) is 1. The standard InChI is InChI=1S/C16H23N5O4/c1-23-14-10-12-13(11-15(14)24-2)18-19-21(16(12)22)17-4-3-5-20-6-8-25-9-7-20/h10-11,17H,3-9H2,1-2H3. The van der Waals surface area contributed by atoms with E-state index in [1.807, 2.05) is 0 Å². The molecule has 25 heavy (non-hydrogen) atoms. The molecule has 9 nitrogen and oxygen atoms in total. The van der Waals surface area contributed by atoms with Gasteiger partial charge in [-0.25, -0.2) is 0 Å². The Kier molecular flexibility index (Phi) is 5.67. The van der Waals surface area contributed by atoms with Crippen LogP contribution in [0.25, 0.3) is 10.9 Å². The first-order valence-corrected chi connectivity index (χ1v) is 8.28. The summed E-state index contributed by atoms with van der Waals surface area (Å²) in [7, 11) is 3.06. The summed E-state index contributed by atoms with van der Waals surface area (Å²) in [5, 5.41) is 8.44. The topological polar surface area (TPSA) is 90.7 Å². The second-order valence-electron chi connectivity index (χ2n) is 5.75. The molecule has 0 unspecified atom stereocenters. The normalized spacial score (nSPS) is 15.3. The molecule has 1 aromatic heterocycles. The second-order valence-corrected chi connectivity index (χ2v) is 5.75. The highest BCUT2D eigenvalue weighted by Gasteiger charge is 2.12. The van der Waals surface area contributed by atoms with Gasteiger partial charge in [0, 0.05) is 32.2 Å². The fourth-order valence-electron chi connectivity index (χ4n) is 2.79. The van der Waals surface area contributed by atoms with Crippen LogP contribution in [0.3, 0.4) is 0 Å². The van der Waals surface area contributed by atoms with Crippen molar-refractivity contribution >= 4 is 10.9 Å². The van der Waals surface area contributed by atoms with Crippen molar-refractivity contribution in [3.05, 3.63) is 22.5 Å². The molecule has 0 spiro atoms. The van der Waals surface area contributed by atoms with Crippen molar-refractivity contribution < 1.29 is 14.2 Å². The third kappa shape index (κ3) is 3.99. The third-order valence-corrected chi connectivity index (χ3v) is 4.18. The number of ether oxygens (including phenoxy) is 3. The highest BCUT2D eigenvalue weighted by atomic mass is 16.5. The quantitative estimate of drug-likeness (QED) is 0.703. The van der Waals surface area contributed by atoms with Crippen LogP contribution in [0.1, 0.15) is 6.42 Å². The summed E-state index contributed by atoms with van der Waals surface area (Å²) in [6, 6.07) is 3.27. The Hall–Kier alpha value is -2.39. The third-order valence-electron chi connectivity index (χ3n) is 4.18. The Morgan fingerprint density at radius 3 is 2.64 bits per heavy atom. The maximum atomic E-state index is 12.6. The molecule has 1 N–H and O–H groups in total. The van der Waals surface area contributed by atoms with Gasteiger partial charge in [-0.1, -0.05) is 0 Å². The number of nitrogens with one attached hydrogen (secondary N) is 1. The Morgan fingerprint density at radius 2 is 1.92 bits per heavy atom. The van der Waals surface area contributed by atoms with E-state index in [0.717, 1.165) is 39.3 Å². The number of fused-ring (bicyclic) bond motifs is 1. The Labute approximate surface area is 145 Å². The minimum Gasteiger partial charge on any atom is -0.493 e. The molecular formula is C16H23N5O4. The second kappa shape index (κ2) is 8.13. The number of morpholine rings is 1. The number of methoxy groups -OCH3 is 2. The van der Waals surface area contributed by atoms with Gasteiger partial charge in [-0.15, -0.1) is 9.89 Å². The van der Waals surface area contributed by atoms with Crippen LogP contribution >= 0.6 is 0 Å². The van der Waals surface area contributed by atoms with Crippen molar-refractivity contribution in [1.82, 2.24) is 20.0 Å². The lowest BCUT2D eigenvalue weighted by molar-refractivity contribution is 0.0377. The molecule has 1 saturated heterocycles. The van der Waals surface area contributed by atoms with Crippen LogP contribution in [0.15, 0.2) is 16.9 Å². The van der Waals surface area contributed by atoms with Crippen molar-refractivity contribution in [1.29, 1.82) is 0 Å². The van der Waals surface area contributed by atoms with Crippen molar-refractivity contribution in [2.75, 3.05) is 59.0 Å². The fraction of sp³-hybridized carbons (Fsp3) is 0.562. The van der Waals surface area contributed by atoms with Gasteiger partial charge >= 0.3 is 0 Å². The first-order valence-electron chi connectivity index (χ1n) is 8.28. The van der Waals surface area contributed by atoms with Crippen LogP contribution in [0.4, 0.5) is 0 Å². The highest BCUT2D eigenvalue weighted by molar-refractivity contribution is 5.81. The zero-order chi connectivity index (χ0) is 17.6. The van der Waals surface area contributed by atoms with Crippen LogP contribution in [-0.2, 0) is 4.74 Å². The van der Waals surface area contributed by atoms with Gasteiger partial charge in [-0.2, -0.15) is 0 Å². The smallest absolute Gasteiger partial charge is 0.296 e. The summed E-state index contributed by atoms with van der Waals surface area (Å²) in [6.07, 6.45) is 0.901. The predicted octanol–water partition coefficient (Wildman–Crippen LogP) is 0.0745. The van der Waals surface area contributed by atoms with E-state index < -0.39 is 0 Å². The summed E-state index contributed by atoms with van der Waals surface area (Å²) in [5.74, 6) is 0.999. The molecule has 136 valence electrons. The molecule has 1 aliphatic heterocycles. The van der Waals surface area contributed by atoms with Crippen molar-refractivity contribution in [2.24, 2.45) is 0 Å². The molecule has 0 amide bonds. The molecule has 1 aliphatic rings. The molecule has 1 fully saturated rings. The number of hydrogen-bond acceptors (Lipinski definition) is 8. The molecule has 3 rings (SSSR count). The molecule has 2 aromatic rings. The number of nitrogens with zero attached hydrogens (tertiary/aromatic N) is 4. The largest absolute Gasteiger partial charge is 0.493 e. The zero-order valence-electron chi connectivity index (χ0n) is 14.5. The average molecular weight is 349 g/mol. The first-order chi connectivity index (χ1) is 12.2. The van der Waals surface area contributed by atoms with Crippen LogP contribution in [0.5, 0.6) is 11.5 Å². The van der Waals surface area contributed by atoms with E-state index in [1.54, 1.807) is 12.1 Å². The lowest BCUT2D eigenvalue weighted by Crippen LogP contribution is -2.38. The molecule has 2 heterocycles. The van der Waals surface area contributed by atoms with Crippen molar-refractivity contribution in [2.45, 2.75) is 6.42 Å². The SMILES string of the molecule is COc1cc2nnn(NCCCN3CCOCC3)c(=O)c2cc1OC. The highest BCUT2D eigenvalue weighted by Crippen LogP contribution is 2.29. The van der Waals surface area contributed by atoms with Crippen molar-refractivity contribution in [3.8, 4) is 11.5 Å². The van der Waals surface area contributed by atoms with Gasteiger partial charge < -0.3 is 19.6 Å². The molecule has 1 aromatic carbocycles. The van der Waals surface area contributed by atoms with E-state index >= 15 is 0 Å². The van der Waals surface area contributed by atoms with E-state index in [9.17, 15) is 4.79 Å². The minimum atomic E-state index is -0.266. The van der Waals surface area contributed by atoms with Crippen LogP contribution in [0, 0.1) is 0 Å². The number of benzene rings is 1. The van der Waals surface area contributed by atoms with E-state index in [1.165, 1.54) is 19.0 Å². The zero-order valence-corrected chi connectivity index (χ0v) is 14.5. The van der Waals surface area contributed by atoms with Gasteiger partial charge in [0.05, 0.1) is 32.8 Å². The van der Waals surface area contributed by atoms with E-state index in [-0.39, 0.29) is 5.56 Å². The van der Waals surface area contributed by atoms with Gasteiger partial charge in [0.25, 0.3) is 5.56 Å². The molecule has 9 heteroatoms.